The highest BCUT2D eigenvalue weighted by atomic mass is 32.2. The number of hydrogen-bond donors (Lipinski definition) is 1. The van der Waals surface area contributed by atoms with Crippen LogP contribution in [-0.2, 0) is 9.84 Å². The van der Waals surface area contributed by atoms with Crippen LogP contribution in [0.5, 0.6) is 0 Å². The van der Waals surface area contributed by atoms with Gasteiger partial charge < -0.3 is 5.73 Å². The molecule has 2 atom stereocenters. The fourth-order valence-electron chi connectivity index (χ4n) is 1.03. The zero-order chi connectivity index (χ0) is 10.6. The topological polar surface area (TPSA) is 60.2 Å². The van der Waals surface area contributed by atoms with Crippen LogP contribution in [0.4, 0.5) is 0 Å². The van der Waals surface area contributed by atoms with E-state index in [-0.39, 0.29) is 22.8 Å². The highest BCUT2D eigenvalue weighted by Crippen LogP contribution is 2.14. The minimum absolute atomic E-state index is 0.0613. The molecule has 0 spiro atoms. The van der Waals surface area contributed by atoms with Gasteiger partial charge in [0.1, 0.15) is 0 Å². The number of rotatable bonds is 5. The van der Waals surface area contributed by atoms with Crippen molar-refractivity contribution in [1.29, 1.82) is 0 Å². The third kappa shape index (κ3) is 4.09. The van der Waals surface area contributed by atoms with Crippen LogP contribution >= 0.6 is 0 Å². The van der Waals surface area contributed by atoms with Crippen LogP contribution in [0.1, 0.15) is 27.7 Å². The third-order valence-corrected chi connectivity index (χ3v) is 5.14. The van der Waals surface area contributed by atoms with Gasteiger partial charge in [0.25, 0.3) is 0 Å². The van der Waals surface area contributed by atoms with E-state index < -0.39 is 9.84 Å². The van der Waals surface area contributed by atoms with E-state index >= 15 is 0 Å². The lowest BCUT2D eigenvalue weighted by Crippen LogP contribution is -2.30. The predicted molar refractivity (Wildman–Crippen MR) is 56.3 cm³/mol. The largest absolute Gasteiger partial charge is 0.330 e. The zero-order valence-electron chi connectivity index (χ0n) is 8.95. The SMILES string of the molecule is CC(CN)CS(=O)(=O)C(C)C(C)C. The molecule has 13 heavy (non-hydrogen) atoms. The van der Waals surface area contributed by atoms with Crippen LogP contribution in [0, 0.1) is 11.8 Å². The molecule has 0 heterocycles. The molecule has 0 aromatic carbocycles. The summed E-state index contributed by atoms with van der Waals surface area (Å²) in [5.41, 5.74) is 5.39. The van der Waals surface area contributed by atoms with Crippen molar-refractivity contribution in [3.63, 3.8) is 0 Å². The van der Waals surface area contributed by atoms with E-state index in [1.807, 2.05) is 20.8 Å². The Balaban J connectivity index is 4.41. The molecule has 3 nitrogen and oxygen atoms in total. The molecule has 0 fully saturated rings. The molecule has 2 N–H and O–H groups in total. The Bertz CT molecular complexity index is 234. The minimum Gasteiger partial charge on any atom is -0.330 e. The standard InChI is InChI=1S/C9H21NO2S/c1-7(2)9(4)13(11,12)6-8(3)5-10/h7-9H,5-6,10H2,1-4H3. The second kappa shape index (κ2) is 4.96. The molecule has 0 aromatic heterocycles. The summed E-state index contributed by atoms with van der Waals surface area (Å²) in [5.74, 6) is 0.448. The summed E-state index contributed by atoms with van der Waals surface area (Å²) in [7, 11) is -2.95. The van der Waals surface area contributed by atoms with Gasteiger partial charge in [-0.15, -0.1) is 0 Å². The number of sulfone groups is 1. The normalized spacial score (nSPS) is 17.4. The zero-order valence-corrected chi connectivity index (χ0v) is 9.76. The molecule has 0 amide bonds. The molecule has 0 bridgehead atoms. The quantitative estimate of drug-likeness (QED) is 0.733. The van der Waals surface area contributed by atoms with Crippen molar-refractivity contribution < 1.29 is 8.42 Å². The van der Waals surface area contributed by atoms with E-state index in [2.05, 4.69) is 0 Å². The van der Waals surface area contributed by atoms with Gasteiger partial charge in [0.15, 0.2) is 9.84 Å². The average Bonchev–Trinajstić information content (AvgIpc) is 2.01. The van der Waals surface area contributed by atoms with Gasteiger partial charge in [-0.2, -0.15) is 0 Å². The molecule has 0 saturated heterocycles. The molecule has 4 heteroatoms. The Morgan fingerprint density at radius 3 is 1.92 bits per heavy atom. The van der Waals surface area contributed by atoms with Gasteiger partial charge in [-0.25, -0.2) is 8.42 Å². The van der Waals surface area contributed by atoms with Crippen LogP contribution in [0.3, 0.4) is 0 Å². The number of nitrogens with two attached hydrogens (primary N) is 1. The van der Waals surface area contributed by atoms with Gasteiger partial charge in [-0.1, -0.05) is 20.8 Å². The second-order valence-electron chi connectivity index (χ2n) is 4.12. The Labute approximate surface area is 81.6 Å². The van der Waals surface area contributed by atoms with Crippen molar-refractivity contribution in [1.82, 2.24) is 0 Å². The van der Waals surface area contributed by atoms with Crippen LogP contribution in [0.15, 0.2) is 0 Å². The summed E-state index contributed by atoms with van der Waals surface area (Å²) in [6.07, 6.45) is 0. The summed E-state index contributed by atoms with van der Waals surface area (Å²) in [6, 6.07) is 0. The summed E-state index contributed by atoms with van der Waals surface area (Å²) >= 11 is 0. The van der Waals surface area contributed by atoms with Gasteiger partial charge in [-0.3, -0.25) is 0 Å². The molecule has 0 aliphatic carbocycles. The lowest BCUT2D eigenvalue weighted by atomic mass is 10.2. The monoisotopic (exact) mass is 207 g/mol. The highest BCUT2D eigenvalue weighted by Gasteiger charge is 2.25. The molecule has 0 aliphatic heterocycles. The second-order valence-corrected chi connectivity index (χ2v) is 6.52. The Hall–Kier alpha value is -0.0900. The molecule has 0 aliphatic rings. The first kappa shape index (κ1) is 12.9. The van der Waals surface area contributed by atoms with Crippen molar-refractivity contribution in [3.8, 4) is 0 Å². The molecule has 2 unspecified atom stereocenters. The Morgan fingerprint density at radius 2 is 1.62 bits per heavy atom. The molecular weight excluding hydrogens is 186 g/mol. The van der Waals surface area contributed by atoms with E-state index in [0.29, 0.717) is 6.54 Å². The molecule has 0 radical (unpaired) electrons. The Morgan fingerprint density at radius 1 is 1.15 bits per heavy atom. The van der Waals surface area contributed by atoms with Gasteiger partial charge in [0.2, 0.25) is 0 Å². The highest BCUT2D eigenvalue weighted by molar-refractivity contribution is 7.92. The van der Waals surface area contributed by atoms with Crippen molar-refractivity contribution in [2.75, 3.05) is 12.3 Å². The molecular formula is C9H21NO2S. The van der Waals surface area contributed by atoms with Gasteiger partial charge >= 0.3 is 0 Å². The lowest BCUT2D eigenvalue weighted by molar-refractivity contribution is 0.531. The third-order valence-electron chi connectivity index (χ3n) is 2.42. The lowest BCUT2D eigenvalue weighted by Gasteiger charge is -2.18. The number of hydrogen-bond acceptors (Lipinski definition) is 3. The summed E-state index contributed by atoms with van der Waals surface area (Å²) in [6.45, 7) is 7.92. The maximum Gasteiger partial charge on any atom is 0.153 e. The fraction of sp³-hybridized carbons (Fsp3) is 1.00. The molecule has 0 aromatic rings. The maximum atomic E-state index is 11.7. The van der Waals surface area contributed by atoms with E-state index in [4.69, 9.17) is 5.73 Å². The maximum absolute atomic E-state index is 11.7. The van der Waals surface area contributed by atoms with E-state index in [9.17, 15) is 8.42 Å². The molecule has 0 saturated carbocycles. The summed E-state index contributed by atoms with van der Waals surface area (Å²) < 4.78 is 23.4. The minimum atomic E-state index is -2.95. The van der Waals surface area contributed by atoms with Crippen LogP contribution in [-0.4, -0.2) is 26.0 Å². The molecule has 0 rings (SSSR count). The first-order chi connectivity index (χ1) is 5.81. The van der Waals surface area contributed by atoms with Gasteiger partial charge in [0.05, 0.1) is 11.0 Å². The van der Waals surface area contributed by atoms with Gasteiger partial charge in [-0.05, 0) is 25.3 Å². The van der Waals surface area contributed by atoms with Crippen molar-refractivity contribution >= 4 is 9.84 Å². The summed E-state index contributed by atoms with van der Waals surface area (Å²) in [5, 5.41) is -0.263. The smallest absolute Gasteiger partial charge is 0.153 e. The first-order valence-corrected chi connectivity index (χ1v) is 6.44. The van der Waals surface area contributed by atoms with Gasteiger partial charge in [0, 0.05) is 0 Å². The van der Waals surface area contributed by atoms with Crippen molar-refractivity contribution in [3.05, 3.63) is 0 Å². The predicted octanol–water partition coefficient (Wildman–Crippen LogP) is 1.04. The van der Waals surface area contributed by atoms with E-state index in [1.54, 1.807) is 6.92 Å². The van der Waals surface area contributed by atoms with Crippen molar-refractivity contribution in [2.45, 2.75) is 32.9 Å². The van der Waals surface area contributed by atoms with Crippen LogP contribution in [0.25, 0.3) is 0 Å². The van der Waals surface area contributed by atoms with E-state index in [0.717, 1.165) is 0 Å². The summed E-state index contributed by atoms with van der Waals surface area (Å²) in [4.78, 5) is 0. The van der Waals surface area contributed by atoms with E-state index in [1.165, 1.54) is 0 Å². The average molecular weight is 207 g/mol. The van der Waals surface area contributed by atoms with Crippen LogP contribution < -0.4 is 5.73 Å². The first-order valence-electron chi connectivity index (χ1n) is 4.73. The van der Waals surface area contributed by atoms with Crippen LogP contribution in [0.2, 0.25) is 0 Å². The Kier molecular flexibility index (Phi) is 4.92. The molecule has 80 valence electrons. The fourth-order valence-corrected chi connectivity index (χ4v) is 3.09. The van der Waals surface area contributed by atoms with Crippen molar-refractivity contribution in [2.24, 2.45) is 17.6 Å².